The fourth-order valence-electron chi connectivity index (χ4n) is 2.70. The predicted octanol–water partition coefficient (Wildman–Crippen LogP) is 3.34. The highest BCUT2D eigenvalue weighted by Crippen LogP contribution is 2.40. The van der Waals surface area contributed by atoms with Gasteiger partial charge in [-0.15, -0.1) is 0 Å². The van der Waals surface area contributed by atoms with Gasteiger partial charge in [0.15, 0.2) is 0 Å². The van der Waals surface area contributed by atoms with E-state index in [1.165, 1.54) is 0 Å². The molecular formula is C18H19N3O. The first kappa shape index (κ1) is 14.5. The molecule has 1 heterocycles. The van der Waals surface area contributed by atoms with Crippen LogP contribution in [0, 0.1) is 17.2 Å². The Bertz CT molecular complexity index is 759. The highest BCUT2D eigenvalue weighted by atomic mass is 16.2. The molecule has 112 valence electrons. The maximum absolute atomic E-state index is 12.8. The van der Waals surface area contributed by atoms with Gasteiger partial charge in [0.25, 0.3) is 5.91 Å². The van der Waals surface area contributed by atoms with Gasteiger partial charge >= 0.3 is 0 Å². The first-order valence-electron chi connectivity index (χ1n) is 7.65. The highest BCUT2D eigenvalue weighted by Gasteiger charge is 2.27. The Labute approximate surface area is 130 Å². The molecule has 1 aliphatic rings. The lowest BCUT2D eigenvalue weighted by Crippen LogP contribution is -2.31. The van der Waals surface area contributed by atoms with Crippen molar-refractivity contribution >= 4 is 16.8 Å². The zero-order valence-electron chi connectivity index (χ0n) is 12.9. The van der Waals surface area contributed by atoms with Gasteiger partial charge < -0.3 is 4.90 Å². The molecule has 1 fully saturated rings. The minimum absolute atomic E-state index is 0.0393. The van der Waals surface area contributed by atoms with Crippen LogP contribution < -0.4 is 0 Å². The van der Waals surface area contributed by atoms with Crippen molar-refractivity contribution in [1.29, 1.82) is 5.26 Å². The van der Waals surface area contributed by atoms with Crippen LogP contribution in [0.4, 0.5) is 0 Å². The van der Waals surface area contributed by atoms with E-state index in [0.717, 1.165) is 29.4 Å². The van der Waals surface area contributed by atoms with E-state index in [1.807, 2.05) is 37.3 Å². The van der Waals surface area contributed by atoms with Crippen LogP contribution >= 0.6 is 0 Å². The summed E-state index contributed by atoms with van der Waals surface area (Å²) in [6.07, 6.45) is 2.31. The van der Waals surface area contributed by atoms with Gasteiger partial charge in [0.05, 0.1) is 23.1 Å². The zero-order valence-corrected chi connectivity index (χ0v) is 12.9. The van der Waals surface area contributed by atoms with Gasteiger partial charge in [-0.3, -0.25) is 9.78 Å². The molecule has 0 spiro atoms. The average molecular weight is 293 g/mol. The van der Waals surface area contributed by atoms with Crippen LogP contribution in [-0.4, -0.2) is 29.4 Å². The Morgan fingerprint density at radius 3 is 2.86 bits per heavy atom. The molecular weight excluding hydrogens is 274 g/mol. The Morgan fingerprint density at radius 1 is 1.45 bits per heavy atom. The number of pyridine rings is 1. The number of para-hydroxylation sites is 1. The molecule has 0 radical (unpaired) electrons. The first-order valence-corrected chi connectivity index (χ1v) is 7.65. The third-order valence-corrected chi connectivity index (χ3v) is 4.08. The summed E-state index contributed by atoms with van der Waals surface area (Å²) in [5.41, 5.74) is 2.58. The Balaban J connectivity index is 2.01. The average Bonchev–Trinajstić information content (AvgIpc) is 3.37. The standard InChI is InChI=1S/C18H19N3O/c1-12(10-19)11-21(2)18(22)15-9-17(13-7-8-13)20-16-6-4-3-5-14(15)16/h3-6,9,12-13H,7-8,11H2,1-2H3. The van der Waals surface area contributed by atoms with E-state index in [2.05, 4.69) is 6.07 Å². The maximum atomic E-state index is 12.8. The highest BCUT2D eigenvalue weighted by molar-refractivity contribution is 6.06. The van der Waals surface area contributed by atoms with Gasteiger partial charge in [-0.25, -0.2) is 0 Å². The minimum Gasteiger partial charge on any atom is -0.340 e. The molecule has 22 heavy (non-hydrogen) atoms. The van der Waals surface area contributed by atoms with Crippen LogP contribution in [0.5, 0.6) is 0 Å². The SMILES string of the molecule is CC(C#N)CN(C)C(=O)c1cc(C2CC2)nc2ccccc12. The van der Waals surface area contributed by atoms with Crippen molar-refractivity contribution in [3.63, 3.8) is 0 Å². The number of carbonyl (C=O) groups excluding carboxylic acids is 1. The van der Waals surface area contributed by atoms with Crippen LogP contribution in [0.2, 0.25) is 0 Å². The van der Waals surface area contributed by atoms with E-state index in [1.54, 1.807) is 11.9 Å². The second-order valence-corrected chi connectivity index (χ2v) is 6.10. The van der Waals surface area contributed by atoms with E-state index >= 15 is 0 Å². The molecule has 1 unspecified atom stereocenters. The summed E-state index contributed by atoms with van der Waals surface area (Å²) in [6.45, 7) is 2.26. The van der Waals surface area contributed by atoms with Gasteiger partial charge in [0, 0.05) is 30.6 Å². The van der Waals surface area contributed by atoms with Crippen LogP contribution in [0.3, 0.4) is 0 Å². The third kappa shape index (κ3) is 2.80. The number of hydrogen-bond acceptors (Lipinski definition) is 3. The van der Waals surface area contributed by atoms with Crippen LogP contribution in [0.25, 0.3) is 10.9 Å². The molecule has 0 bridgehead atoms. The molecule has 0 saturated heterocycles. The number of benzene rings is 1. The van der Waals surface area contributed by atoms with Crippen molar-refractivity contribution in [1.82, 2.24) is 9.88 Å². The van der Waals surface area contributed by atoms with Gasteiger partial charge in [-0.2, -0.15) is 5.26 Å². The predicted molar refractivity (Wildman–Crippen MR) is 85.5 cm³/mol. The zero-order chi connectivity index (χ0) is 15.7. The molecule has 1 amide bonds. The number of carbonyl (C=O) groups is 1. The summed E-state index contributed by atoms with van der Waals surface area (Å²) in [5, 5.41) is 9.82. The Morgan fingerprint density at radius 2 is 2.18 bits per heavy atom. The second kappa shape index (κ2) is 5.76. The number of aromatic nitrogens is 1. The van der Waals surface area contributed by atoms with Crippen molar-refractivity contribution < 1.29 is 4.79 Å². The lowest BCUT2D eigenvalue weighted by molar-refractivity contribution is 0.0787. The third-order valence-electron chi connectivity index (χ3n) is 4.08. The first-order chi connectivity index (χ1) is 10.6. The number of nitriles is 1. The monoisotopic (exact) mass is 293 g/mol. The lowest BCUT2D eigenvalue weighted by Gasteiger charge is -2.19. The summed E-state index contributed by atoms with van der Waals surface area (Å²) >= 11 is 0. The summed E-state index contributed by atoms with van der Waals surface area (Å²) in [5.74, 6) is 0.284. The molecule has 4 nitrogen and oxygen atoms in total. The van der Waals surface area contributed by atoms with Gasteiger partial charge in [0.2, 0.25) is 0 Å². The fourth-order valence-corrected chi connectivity index (χ4v) is 2.70. The van der Waals surface area contributed by atoms with Gasteiger partial charge in [0.1, 0.15) is 0 Å². The summed E-state index contributed by atoms with van der Waals surface area (Å²) in [7, 11) is 1.75. The summed E-state index contributed by atoms with van der Waals surface area (Å²) in [4.78, 5) is 19.1. The Kier molecular flexibility index (Phi) is 3.81. The molecule has 1 aromatic carbocycles. The molecule has 3 rings (SSSR count). The fraction of sp³-hybridized carbons (Fsp3) is 0.389. The molecule has 4 heteroatoms. The number of hydrogen-bond donors (Lipinski definition) is 0. The molecule has 1 aliphatic carbocycles. The van der Waals surface area contributed by atoms with Crippen molar-refractivity contribution in [2.24, 2.45) is 5.92 Å². The smallest absolute Gasteiger partial charge is 0.254 e. The van der Waals surface area contributed by atoms with Crippen molar-refractivity contribution in [3.05, 3.63) is 41.6 Å². The van der Waals surface area contributed by atoms with E-state index in [9.17, 15) is 4.79 Å². The van der Waals surface area contributed by atoms with E-state index in [-0.39, 0.29) is 11.8 Å². The lowest BCUT2D eigenvalue weighted by atomic mass is 10.0. The van der Waals surface area contributed by atoms with E-state index in [4.69, 9.17) is 10.2 Å². The quantitative estimate of drug-likeness (QED) is 0.868. The maximum Gasteiger partial charge on any atom is 0.254 e. The van der Waals surface area contributed by atoms with Crippen molar-refractivity contribution in [2.45, 2.75) is 25.7 Å². The van der Waals surface area contributed by atoms with Gasteiger partial charge in [-0.05, 0) is 31.9 Å². The molecule has 0 N–H and O–H groups in total. The van der Waals surface area contributed by atoms with E-state index < -0.39 is 0 Å². The van der Waals surface area contributed by atoms with Crippen LogP contribution in [0.15, 0.2) is 30.3 Å². The second-order valence-electron chi connectivity index (χ2n) is 6.10. The largest absolute Gasteiger partial charge is 0.340 e. The number of nitrogens with zero attached hydrogens (tertiary/aromatic N) is 3. The Hall–Kier alpha value is -2.41. The minimum atomic E-state index is -0.176. The molecule has 1 saturated carbocycles. The topological polar surface area (TPSA) is 57.0 Å². The molecule has 1 aromatic heterocycles. The molecule has 0 aliphatic heterocycles. The molecule has 2 aromatic rings. The van der Waals surface area contributed by atoms with E-state index in [0.29, 0.717) is 18.0 Å². The molecule has 1 atom stereocenters. The van der Waals surface area contributed by atoms with Crippen LogP contribution in [0.1, 0.15) is 41.7 Å². The number of fused-ring (bicyclic) bond motifs is 1. The number of amides is 1. The van der Waals surface area contributed by atoms with Gasteiger partial charge in [-0.1, -0.05) is 18.2 Å². The summed E-state index contributed by atoms with van der Waals surface area (Å²) < 4.78 is 0. The normalized spacial score (nSPS) is 15.3. The van der Waals surface area contributed by atoms with Crippen LogP contribution in [-0.2, 0) is 0 Å². The van der Waals surface area contributed by atoms with Crippen molar-refractivity contribution in [3.8, 4) is 6.07 Å². The summed E-state index contributed by atoms with van der Waals surface area (Å²) in [6, 6.07) is 11.9. The number of rotatable bonds is 4. The van der Waals surface area contributed by atoms with Crippen molar-refractivity contribution in [2.75, 3.05) is 13.6 Å².